The number of amides is 2. The molecule has 0 radical (unpaired) electrons. The van der Waals surface area contributed by atoms with Crippen LogP contribution in [-0.2, 0) is 16.0 Å². The van der Waals surface area contributed by atoms with Crippen LogP contribution in [0.15, 0.2) is 42.5 Å². The average Bonchev–Trinajstić information content (AvgIpc) is 2.76. The summed E-state index contributed by atoms with van der Waals surface area (Å²) >= 11 is 0. The van der Waals surface area contributed by atoms with Gasteiger partial charge in [-0.15, -0.1) is 0 Å². The molecule has 2 rings (SSSR count). The van der Waals surface area contributed by atoms with Crippen molar-refractivity contribution in [1.29, 1.82) is 0 Å². The summed E-state index contributed by atoms with van der Waals surface area (Å²) in [5.41, 5.74) is 4.39. The Morgan fingerprint density at radius 3 is 2.38 bits per heavy atom. The molecule has 32 heavy (non-hydrogen) atoms. The highest BCUT2D eigenvalue weighted by atomic mass is 16.5. The van der Waals surface area contributed by atoms with Crippen molar-refractivity contribution in [3.05, 3.63) is 64.7 Å². The second-order valence-electron chi connectivity index (χ2n) is 8.88. The summed E-state index contributed by atoms with van der Waals surface area (Å²) in [6.45, 7) is 13.1. The van der Waals surface area contributed by atoms with Crippen LogP contribution in [0.1, 0.15) is 49.4 Å². The summed E-state index contributed by atoms with van der Waals surface area (Å²) < 4.78 is 5.94. The summed E-state index contributed by atoms with van der Waals surface area (Å²) in [6.07, 6.45) is 1.23. The Morgan fingerprint density at radius 1 is 1.06 bits per heavy atom. The first-order valence-electron chi connectivity index (χ1n) is 11.5. The number of hydrogen-bond donors (Lipinski definition) is 1. The van der Waals surface area contributed by atoms with Gasteiger partial charge in [-0.2, -0.15) is 0 Å². The molecular weight excluding hydrogens is 400 g/mol. The summed E-state index contributed by atoms with van der Waals surface area (Å²) in [6, 6.07) is 13.6. The molecule has 1 atom stereocenters. The van der Waals surface area contributed by atoms with Gasteiger partial charge in [0.05, 0.1) is 0 Å². The van der Waals surface area contributed by atoms with Crippen LogP contribution in [0.2, 0.25) is 0 Å². The molecule has 0 aliphatic heterocycles. The molecule has 0 spiro atoms. The molecule has 0 aliphatic rings. The van der Waals surface area contributed by atoms with E-state index in [1.165, 1.54) is 0 Å². The van der Waals surface area contributed by atoms with Crippen LogP contribution in [0, 0.1) is 26.7 Å². The van der Waals surface area contributed by atoms with Crippen molar-refractivity contribution in [2.24, 2.45) is 5.92 Å². The van der Waals surface area contributed by atoms with Crippen LogP contribution < -0.4 is 10.1 Å². The zero-order valence-electron chi connectivity index (χ0n) is 20.4. The van der Waals surface area contributed by atoms with E-state index in [9.17, 15) is 9.59 Å². The van der Waals surface area contributed by atoms with Crippen molar-refractivity contribution >= 4 is 11.8 Å². The maximum Gasteiger partial charge on any atom is 0.261 e. The number of ether oxygens (including phenoxy) is 1. The Labute approximate surface area is 193 Å². The third kappa shape index (κ3) is 7.40. The Balaban J connectivity index is 2.17. The molecule has 174 valence electrons. The molecule has 2 aromatic carbocycles. The first-order chi connectivity index (χ1) is 15.2. The lowest BCUT2D eigenvalue weighted by Crippen LogP contribution is -2.51. The van der Waals surface area contributed by atoms with E-state index >= 15 is 0 Å². The molecule has 1 unspecified atom stereocenters. The molecule has 0 bridgehead atoms. The first-order valence-corrected chi connectivity index (χ1v) is 11.5. The van der Waals surface area contributed by atoms with E-state index in [2.05, 4.69) is 25.2 Å². The molecule has 5 nitrogen and oxygen atoms in total. The lowest BCUT2D eigenvalue weighted by molar-refractivity contribution is -0.142. The minimum absolute atomic E-state index is 0.0908. The highest BCUT2D eigenvalue weighted by molar-refractivity contribution is 5.88. The number of hydrogen-bond acceptors (Lipinski definition) is 3. The van der Waals surface area contributed by atoms with Crippen LogP contribution in [0.5, 0.6) is 5.75 Å². The van der Waals surface area contributed by atoms with Gasteiger partial charge in [0.25, 0.3) is 5.91 Å². The van der Waals surface area contributed by atoms with Gasteiger partial charge < -0.3 is 15.0 Å². The van der Waals surface area contributed by atoms with Gasteiger partial charge in [0.1, 0.15) is 11.8 Å². The minimum atomic E-state index is -0.520. The minimum Gasteiger partial charge on any atom is -0.483 e. The van der Waals surface area contributed by atoms with Gasteiger partial charge >= 0.3 is 0 Å². The molecule has 0 saturated carbocycles. The average molecular weight is 439 g/mol. The molecular formula is C27H38N2O3. The highest BCUT2D eigenvalue weighted by Crippen LogP contribution is 2.23. The second kappa shape index (κ2) is 12.3. The van der Waals surface area contributed by atoms with Crippen molar-refractivity contribution in [3.63, 3.8) is 0 Å². The summed E-state index contributed by atoms with van der Waals surface area (Å²) in [5, 5.41) is 2.99. The lowest BCUT2D eigenvalue weighted by atomic mass is 10.1. The predicted octanol–water partition coefficient (Wildman–Crippen LogP) is 4.61. The van der Waals surface area contributed by atoms with Crippen molar-refractivity contribution in [2.75, 3.05) is 19.7 Å². The van der Waals surface area contributed by atoms with Gasteiger partial charge in [0.15, 0.2) is 6.61 Å². The fourth-order valence-electron chi connectivity index (χ4n) is 3.69. The quantitative estimate of drug-likeness (QED) is 0.557. The van der Waals surface area contributed by atoms with E-state index in [1.807, 2.05) is 64.1 Å². The number of carbonyl (C=O) groups is 2. The number of rotatable bonds is 11. The van der Waals surface area contributed by atoms with Gasteiger partial charge in [-0.25, -0.2) is 0 Å². The van der Waals surface area contributed by atoms with Crippen LogP contribution in [0.25, 0.3) is 0 Å². The van der Waals surface area contributed by atoms with E-state index in [0.717, 1.165) is 28.0 Å². The summed E-state index contributed by atoms with van der Waals surface area (Å²) in [7, 11) is 0. The Hall–Kier alpha value is -2.82. The number of aryl methyl sites for hydroxylation is 2. The molecule has 0 aliphatic carbocycles. The Kier molecular flexibility index (Phi) is 9.76. The predicted molar refractivity (Wildman–Crippen MR) is 130 cm³/mol. The van der Waals surface area contributed by atoms with Crippen molar-refractivity contribution in [1.82, 2.24) is 10.2 Å². The van der Waals surface area contributed by atoms with Gasteiger partial charge in [-0.05, 0) is 67.9 Å². The van der Waals surface area contributed by atoms with E-state index in [0.29, 0.717) is 31.8 Å². The van der Waals surface area contributed by atoms with Crippen molar-refractivity contribution < 1.29 is 14.3 Å². The molecule has 0 saturated heterocycles. The van der Waals surface area contributed by atoms with Gasteiger partial charge in [0.2, 0.25) is 5.91 Å². The summed E-state index contributed by atoms with van der Waals surface area (Å²) in [4.78, 5) is 27.9. The van der Waals surface area contributed by atoms with E-state index in [-0.39, 0.29) is 18.4 Å². The molecule has 0 heterocycles. The SMILES string of the molecule is CCC(C(=O)NCC(C)C)N(CCc1ccccc1)C(=O)COc1cc(C)cc(C)c1C. The first kappa shape index (κ1) is 25.4. The maximum atomic E-state index is 13.3. The molecule has 2 aromatic rings. The Bertz CT molecular complexity index is 893. The van der Waals surface area contributed by atoms with E-state index in [4.69, 9.17) is 4.74 Å². The zero-order valence-corrected chi connectivity index (χ0v) is 20.4. The number of benzene rings is 2. The normalized spacial score (nSPS) is 11.8. The standard InChI is InChI=1S/C27H38N2O3/c1-7-24(27(31)28-17-19(2)3)29(14-13-23-11-9-8-10-12-23)26(30)18-32-25-16-20(4)15-21(5)22(25)6/h8-12,15-16,19,24H,7,13-14,17-18H2,1-6H3,(H,28,31). The molecule has 5 heteroatoms. The second-order valence-corrected chi connectivity index (χ2v) is 8.88. The van der Waals surface area contributed by atoms with Gasteiger partial charge in [-0.3, -0.25) is 9.59 Å². The fraction of sp³-hybridized carbons (Fsp3) is 0.481. The zero-order chi connectivity index (χ0) is 23.7. The van der Waals surface area contributed by atoms with Gasteiger partial charge in [-0.1, -0.05) is 57.2 Å². The van der Waals surface area contributed by atoms with Crippen LogP contribution >= 0.6 is 0 Å². The fourth-order valence-corrected chi connectivity index (χ4v) is 3.69. The smallest absolute Gasteiger partial charge is 0.261 e. The van der Waals surface area contributed by atoms with Crippen LogP contribution in [0.3, 0.4) is 0 Å². The maximum absolute atomic E-state index is 13.3. The lowest BCUT2D eigenvalue weighted by Gasteiger charge is -2.31. The number of nitrogens with one attached hydrogen (secondary N) is 1. The van der Waals surface area contributed by atoms with Crippen molar-refractivity contribution in [3.8, 4) is 5.75 Å². The monoisotopic (exact) mass is 438 g/mol. The Morgan fingerprint density at radius 2 is 1.75 bits per heavy atom. The summed E-state index contributed by atoms with van der Waals surface area (Å²) in [5.74, 6) is 0.785. The topological polar surface area (TPSA) is 58.6 Å². The number of carbonyl (C=O) groups excluding carboxylic acids is 2. The van der Waals surface area contributed by atoms with Crippen LogP contribution in [-0.4, -0.2) is 42.5 Å². The van der Waals surface area contributed by atoms with Crippen molar-refractivity contribution in [2.45, 2.75) is 60.4 Å². The van der Waals surface area contributed by atoms with Gasteiger partial charge in [0, 0.05) is 13.1 Å². The number of nitrogens with zero attached hydrogens (tertiary/aromatic N) is 1. The molecule has 0 fully saturated rings. The highest BCUT2D eigenvalue weighted by Gasteiger charge is 2.28. The largest absolute Gasteiger partial charge is 0.483 e. The third-order valence-corrected chi connectivity index (χ3v) is 5.67. The molecule has 2 amide bonds. The molecule has 1 N–H and O–H groups in total. The van der Waals surface area contributed by atoms with Crippen LogP contribution in [0.4, 0.5) is 0 Å². The third-order valence-electron chi connectivity index (χ3n) is 5.67. The molecule has 0 aromatic heterocycles. The van der Waals surface area contributed by atoms with E-state index in [1.54, 1.807) is 4.90 Å². The van der Waals surface area contributed by atoms with E-state index < -0.39 is 6.04 Å².